The molecule has 1 aromatic carbocycles. The topological polar surface area (TPSA) is 23.6 Å². The lowest BCUT2D eigenvalue weighted by Gasteiger charge is -2.36. The van der Waals surface area contributed by atoms with Gasteiger partial charge in [-0.15, -0.1) is 0 Å². The van der Waals surface area contributed by atoms with Crippen molar-refractivity contribution in [3.05, 3.63) is 35.4 Å². The van der Waals surface area contributed by atoms with Gasteiger partial charge in [-0.3, -0.25) is 9.69 Å². The van der Waals surface area contributed by atoms with Crippen molar-refractivity contribution in [3.63, 3.8) is 0 Å². The van der Waals surface area contributed by atoms with Crippen LogP contribution in [0.2, 0.25) is 0 Å². The van der Waals surface area contributed by atoms with Crippen LogP contribution in [-0.4, -0.2) is 55.4 Å². The third-order valence-corrected chi connectivity index (χ3v) is 3.85. The van der Waals surface area contributed by atoms with Gasteiger partial charge in [-0.25, -0.2) is 0 Å². The Kier molecular flexibility index (Phi) is 4.15. The highest BCUT2D eigenvalue weighted by Gasteiger charge is 2.28. The minimum Gasteiger partial charge on any atom is -0.303 e. The van der Waals surface area contributed by atoms with Gasteiger partial charge in [0.2, 0.25) is 0 Å². The molecule has 0 aromatic heterocycles. The molecule has 1 aromatic rings. The van der Waals surface area contributed by atoms with E-state index < -0.39 is 0 Å². The maximum absolute atomic E-state index is 12.4. The van der Waals surface area contributed by atoms with Crippen LogP contribution in [0, 0.1) is 6.92 Å². The molecule has 0 radical (unpaired) electrons. The van der Waals surface area contributed by atoms with Gasteiger partial charge in [-0.05, 0) is 32.1 Å². The molecule has 2 rings (SSSR count). The number of benzene rings is 1. The van der Waals surface area contributed by atoms with Crippen LogP contribution in [0.15, 0.2) is 24.3 Å². The fraction of sp³-hybridized carbons (Fsp3) is 0.533. The molecule has 1 aliphatic rings. The van der Waals surface area contributed by atoms with Crippen molar-refractivity contribution in [2.24, 2.45) is 0 Å². The third kappa shape index (κ3) is 2.98. The molecular formula is C15H22N2O. The van der Waals surface area contributed by atoms with Crippen LogP contribution in [-0.2, 0) is 11.2 Å². The molecule has 0 aliphatic carbocycles. The molecular weight excluding hydrogens is 224 g/mol. The SMILES string of the molecule is Cc1ccccc1CC(=O)C1CN(C)CCN1C. The van der Waals surface area contributed by atoms with E-state index >= 15 is 0 Å². The Morgan fingerprint density at radius 3 is 2.72 bits per heavy atom. The van der Waals surface area contributed by atoms with Crippen molar-refractivity contribution < 1.29 is 4.79 Å². The zero-order valence-corrected chi connectivity index (χ0v) is 11.5. The minimum absolute atomic E-state index is 0.0448. The van der Waals surface area contributed by atoms with Gasteiger partial charge in [0.25, 0.3) is 0 Å². The Hall–Kier alpha value is -1.19. The molecule has 1 heterocycles. The van der Waals surface area contributed by atoms with Gasteiger partial charge in [0.05, 0.1) is 6.04 Å². The Morgan fingerprint density at radius 2 is 2.00 bits per heavy atom. The van der Waals surface area contributed by atoms with Gasteiger partial charge in [0.15, 0.2) is 5.78 Å². The Bertz CT molecular complexity index is 430. The van der Waals surface area contributed by atoms with Crippen molar-refractivity contribution in [1.29, 1.82) is 0 Å². The summed E-state index contributed by atoms with van der Waals surface area (Å²) in [5.74, 6) is 0.332. The predicted molar refractivity (Wildman–Crippen MR) is 73.8 cm³/mol. The first-order chi connectivity index (χ1) is 8.58. The molecule has 0 spiro atoms. The van der Waals surface area contributed by atoms with E-state index in [-0.39, 0.29) is 6.04 Å². The van der Waals surface area contributed by atoms with Gasteiger partial charge >= 0.3 is 0 Å². The summed E-state index contributed by atoms with van der Waals surface area (Å²) in [6.45, 7) is 4.94. The molecule has 1 aliphatic heterocycles. The lowest BCUT2D eigenvalue weighted by Crippen LogP contribution is -2.53. The molecule has 0 saturated carbocycles. The number of Topliss-reactive ketones (excluding diaryl/α,β-unsaturated/α-hetero) is 1. The van der Waals surface area contributed by atoms with Gasteiger partial charge < -0.3 is 4.90 Å². The largest absolute Gasteiger partial charge is 0.303 e. The fourth-order valence-electron chi connectivity index (χ4n) is 2.47. The highest BCUT2D eigenvalue weighted by Crippen LogP contribution is 2.13. The van der Waals surface area contributed by atoms with E-state index in [4.69, 9.17) is 0 Å². The molecule has 1 fully saturated rings. The molecule has 3 nitrogen and oxygen atoms in total. The highest BCUT2D eigenvalue weighted by molar-refractivity contribution is 5.86. The van der Waals surface area contributed by atoms with Crippen molar-refractivity contribution in [2.45, 2.75) is 19.4 Å². The number of carbonyl (C=O) groups is 1. The van der Waals surface area contributed by atoms with Crippen molar-refractivity contribution in [1.82, 2.24) is 9.80 Å². The summed E-state index contributed by atoms with van der Waals surface area (Å²) >= 11 is 0. The maximum atomic E-state index is 12.4. The summed E-state index contributed by atoms with van der Waals surface area (Å²) in [4.78, 5) is 16.8. The number of hydrogen-bond acceptors (Lipinski definition) is 3. The van der Waals surface area contributed by atoms with Crippen LogP contribution in [0.5, 0.6) is 0 Å². The summed E-state index contributed by atoms with van der Waals surface area (Å²) in [7, 11) is 4.13. The summed E-state index contributed by atoms with van der Waals surface area (Å²) in [5, 5.41) is 0. The lowest BCUT2D eigenvalue weighted by atomic mass is 9.98. The molecule has 98 valence electrons. The Labute approximate surface area is 109 Å². The van der Waals surface area contributed by atoms with Gasteiger partial charge in [-0.1, -0.05) is 24.3 Å². The monoisotopic (exact) mass is 246 g/mol. The van der Waals surface area contributed by atoms with Crippen LogP contribution < -0.4 is 0 Å². The summed E-state index contributed by atoms with van der Waals surface area (Å²) < 4.78 is 0. The standard InChI is InChI=1S/C15H22N2O/c1-12-6-4-5-7-13(12)10-15(18)14-11-16(2)8-9-17(14)3/h4-7,14H,8-11H2,1-3H3. The number of piperazine rings is 1. The maximum Gasteiger partial charge on any atom is 0.155 e. The van der Waals surface area contributed by atoms with Crippen LogP contribution in [0.3, 0.4) is 0 Å². The summed E-state index contributed by atoms with van der Waals surface area (Å²) in [6.07, 6.45) is 0.551. The second-order valence-electron chi connectivity index (χ2n) is 5.33. The fourth-order valence-corrected chi connectivity index (χ4v) is 2.47. The van der Waals surface area contributed by atoms with Crippen LogP contribution in [0.4, 0.5) is 0 Å². The molecule has 0 N–H and O–H groups in total. The van der Waals surface area contributed by atoms with Crippen LogP contribution in [0.25, 0.3) is 0 Å². The minimum atomic E-state index is 0.0448. The molecule has 0 amide bonds. The Balaban J connectivity index is 2.05. The number of nitrogens with zero attached hydrogens (tertiary/aromatic N) is 2. The van der Waals surface area contributed by atoms with E-state index in [9.17, 15) is 4.79 Å². The van der Waals surface area contributed by atoms with E-state index in [1.807, 2.05) is 19.2 Å². The van der Waals surface area contributed by atoms with E-state index in [2.05, 4.69) is 35.9 Å². The van der Waals surface area contributed by atoms with Gasteiger partial charge in [-0.2, -0.15) is 0 Å². The van der Waals surface area contributed by atoms with E-state index in [1.165, 1.54) is 5.56 Å². The zero-order valence-electron chi connectivity index (χ0n) is 11.5. The van der Waals surface area contributed by atoms with Crippen molar-refractivity contribution >= 4 is 5.78 Å². The summed E-state index contributed by atoms with van der Waals surface area (Å²) in [6, 6.07) is 8.19. The van der Waals surface area contributed by atoms with E-state index in [1.54, 1.807) is 0 Å². The highest BCUT2D eigenvalue weighted by atomic mass is 16.1. The van der Waals surface area contributed by atoms with E-state index in [0.717, 1.165) is 25.2 Å². The first-order valence-electron chi connectivity index (χ1n) is 6.54. The number of aryl methyl sites for hydroxylation is 1. The average molecular weight is 246 g/mol. The average Bonchev–Trinajstić information content (AvgIpc) is 2.35. The Morgan fingerprint density at radius 1 is 1.28 bits per heavy atom. The summed E-state index contributed by atoms with van der Waals surface area (Å²) in [5.41, 5.74) is 2.36. The van der Waals surface area contributed by atoms with Crippen LogP contribution >= 0.6 is 0 Å². The smallest absolute Gasteiger partial charge is 0.155 e. The zero-order chi connectivity index (χ0) is 13.1. The molecule has 18 heavy (non-hydrogen) atoms. The number of likely N-dealkylation sites (N-methyl/N-ethyl adjacent to an activating group) is 2. The third-order valence-electron chi connectivity index (χ3n) is 3.85. The number of ketones is 1. The number of hydrogen-bond donors (Lipinski definition) is 0. The molecule has 0 bridgehead atoms. The second kappa shape index (κ2) is 5.63. The molecule has 1 saturated heterocycles. The van der Waals surface area contributed by atoms with Gasteiger partial charge in [0.1, 0.15) is 0 Å². The van der Waals surface area contributed by atoms with E-state index in [0.29, 0.717) is 12.2 Å². The quantitative estimate of drug-likeness (QED) is 0.804. The number of rotatable bonds is 3. The molecule has 1 unspecified atom stereocenters. The predicted octanol–water partition coefficient (Wildman–Crippen LogP) is 1.35. The molecule has 1 atom stereocenters. The first kappa shape index (κ1) is 13.2. The molecule has 3 heteroatoms. The number of carbonyl (C=O) groups excluding carboxylic acids is 1. The lowest BCUT2D eigenvalue weighted by molar-refractivity contribution is -0.125. The second-order valence-corrected chi connectivity index (χ2v) is 5.33. The van der Waals surface area contributed by atoms with Gasteiger partial charge in [0, 0.05) is 26.1 Å². The first-order valence-corrected chi connectivity index (χ1v) is 6.54. The van der Waals surface area contributed by atoms with Crippen molar-refractivity contribution in [2.75, 3.05) is 33.7 Å². The van der Waals surface area contributed by atoms with Crippen molar-refractivity contribution in [3.8, 4) is 0 Å². The van der Waals surface area contributed by atoms with Crippen LogP contribution in [0.1, 0.15) is 11.1 Å². The normalized spacial score (nSPS) is 22.1.